The quantitative estimate of drug-likeness (QED) is 0.604. The van der Waals surface area contributed by atoms with Crippen LogP contribution in [-0.4, -0.2) is 22.2 Å². The fourth-order valence-corrected chi connectivity index (χ4v) is 4.12. The van der Waals surface area contributed by atoms with Crippen molar-refractivity contribution >= 4 is 22.4 Å². The number of unbranched alkanes of at least 4 members (excludes halogenated alkanes) is 2. The number of carbonyl (C=O) groups excluding carboxylic acids is 1. The lowest BCUT2D eigenvalue weighted by Crippen LogP contribution is -2.37. The molecule has 0 unspecified atom stereocenters. The molecular weight excluding hydrogens is 362 g/mol. The Morgan fingerprint density at radius 2 is 1.90 bits per heavy atom. The molecule has 0 spiro atoms. The van der Waals surface area contributed by atoms with E-state index in [0.717, 1.165) is 37.8 Å². The van der Waals surface area contributed by atoms with E-state index in [2.05, 4.69) is 25.0 Å². The summed E-state index contributed by atoms with van der Waals surface area (Å²) in [5.74, 6) is -0.129. The van der Waals surface area contributed by atoms with Crippen molar-refractivity contribution in [3.05, 3.63) is 69.6 Å². The monoisotopic (exact) mass is 389 g/mol. The third-order valence-corrected chi connectivity index (χ3v) is 5.64. The summed E-state index contributed by atoms with van der Waals surface area (Å²) in [6.07, 6.45) is 4.88. The van der Waals surface area contributed by atoms with E-state index < -0.39 is 0 Å². The fourth-order valence-electron chi connectivity index (χ4n) is 4.12. The van der Waals surface area contributed by atoms with E-state index in [1.165, 1.54) is 15.8 Å². The van der Waals surface area contributed by atoms with Crippen molar-refractivity contribution in [3.63, 3.8) is 0 Å². The van der Waals surface area contributed by atoms with Crippen LogP contribution >= 0.6 is 0 Å². The number of anilines is 1. The van der Waals surface area contributed by atoms with Crippen LogP contribution in [0.1, 0.15) is 54.2 Å². The van der Waals surface area contributed by atoms with Crippen LogP contribution in [0.3, 0.4) is 0 Å². The van der Waals surface area contributed by atoms with Gasteiger partial charge in [-0.3, -0.25) is 9.59 Å². The van der Waals surface area contributed by atoms with E-state index in [1.54, 1.807) is 6.07 Å². The van der Waals surface area contributed by atoms with Gasteiger partial charge in [-0.2, -0.15) is 5.10 Å². The topological polar surface area (TPSA) is 55.2 Å². The Hall–Kier alpha value is -2.95. The minimum atomic E-state index is -0.129. The number of rotatable bonds is 5. The van der Waals surface area contributed by atoms with Crippen LogP contribution in [0, 0.1) is 6.92 Å². The summed E-state index contributed by atoms with van der Waals surface area (Å²) in [5.41, 5.74) is 3.60. The average molecular weight is 389 g/mol. The summed E-state index contributed by atoms with van der Waals surface area (Å²) >= 11 is 0. The van der Waals surface area contributed by atoms with Crippen LogP contribution in [0.15, 0.2) is 47.3 Å². The molecule has 0 N–H and O–H groups in total. The lowest BCUT2D eigenvalue weighted by atomic mass is 9.99. The third kappa shape index (κ3) is 3.69. The van der Waals surface area contributed by atoms with E-state index in [-0.39, 0.29) is 11.5 Å². The minimum absolute atomic E-state index is 0.122. The first-order valence-corrected chi connectivity index (χ1v) is 10.5. The Kier molecular flexibility index (Phi) is 5.47. The maximum absolute atomic E-state index is 13.6. The van der Waals surface area contributed by atoms with Gasteiger partial charge in [-0.25, -0.2) is 4.68 Å². The molecule has 1 aromatic heterocycles. The number of aryl methyl sites for hydroxylation is 3. The lowest BCUT2D eigenvalue weighted by Gasteiger charge is -2.30. The number of benzene rings is 2. The van der Waals surface area contributed by atoms with Crippen LogP contribution in [0.2, 0.25) is 0 Å². The van der Waals surface area contributed by atoms with Gasteiger partial charge < -0.3 is 4.90 Å². The number of carbonyl (C=O) groups is 1. The highest BCUT2D eigenvalue weighted by Gasteiger charge is 2.27. The van der Waals surface area contributed by atoms with Crippen molar-refractivity contribution in [2.45, 2.75) is 52.5 Å². The molecule has 0 saturated heterocycles. The standard InChI is InChI=1S/C24H27N3O2/c1-3-4-7-15-27-23(28)20-11-6-5-10-19(20)22(25-27)24(29)26-14-8-9-18-16-17(2)12-13-21(18)26/h5-6,10-13,16H,3-4,7-9,14-15H2,1-2H3. The van der Waals surface area contributed by atoms with Crippen molar-refractivity contribution in [2.75, 3.05) is 11.4 Å². The minimum Gasteiger partial charge on any atom is -0.307 e. The summed E-state index contributed by atoms with van der Waals surface area (Å²) in [6, 6.07) is 13.5. The maximum atomic E-state index is 13.6. The van der Waals surface area contributed by atoms with Gasteiger partial charge in [0.1, 0.15) is 0 Å². The molecule has 150 valence electrons. The summed E-state index contributed by atoms with van der Waals surface area (Å²) < 4.78 is 1.48. The Morgan fingerprint density at radius 3 is 2.69 bits per heavy atom. The average Bonchev–Trinajstić information content (AvgIpc) is 2.74. The molecule has 0 aliphatic carbocycles. The van der Waals surface area contributed by atoms with Gasteiger partial charge in [0.2, 0.25) is 0 Å². The summed E-state index contributed by atoms with van der Waals surface area (Å²) in [6.45, 7) is 5.40. The molecule has 1 aliphatic heterocycles. The highest BCUT2D eigenvalue weighted by molar-refractivity contribution is 6.12. The van der Waals surface area contributed by atoms with E-state index in [1.807, 2.05) is 35.2 Å². The van der Waals surface area contributed by atoms with Gasteiger partial charge >= 0.3 is 0 Å². The molecule has 0 fully saturated rings. The van der Waals surface area contributed by atoms with E-state index in [4.69, 9.17) is 0 Å². The number of amides is 1. The molecule has 2 aromatic carbocycles. The first-order valence-electron chi connectivity index (χ1n) is 10.5. The normalized spacial score (nSPS) is 13.5. The third-order valence-electron chi connectivity index (χ3n) is 5.64. The van der Waals surface area contributed by atoms with Gasteiger partial charge in [0.05, 0.1) is 5.39 Å². The van der Waals surface area contributed by atoms with Crippen LogP contribution in [0.4, 0.5) is 5.69 Å². The van der Waals surface area contributed by atoms with E-state index >= 15 is 0 Å². The first kappa shape index (κ1) is 19.4. The molecule has 5 heteroatoms. The second-order valence-electron chi connectivity index (χ2n) is 7.82. The zero-order valence-electron chi connectivity index (χ0n) is 17.1. The molecule has 0 radical (unpaired) electrons. The Labute approximate surface area is 171 Å². The molecule has 1 amide bonds. The summed E-state index contributed by atoms with van der Waals surface area (Å²) in [5, 5.41) is 5.74. The van der Waals surface area contributed by atoms with Crippen molar-refractivity contribution in [1.82, 2.24) is 9.78 Å². The number of nitrogens with zero attached hydrogens (tertiary/aromatic N) is 3. The molecule has 3 aromatic rings. The second kappa shape index (κ2) is 8.19. The molecule has 4 rings (SSSR count). The molecule has 2 heterocycles. The van der Waals surface area contributed by atoms with Crippen molar-refractivity contribution in [1.29, 1.82) is 0 Å². The van der Waals surface area contributed by atoms with Gasteiger partial charge in [0, 0.05) is 24.2 Å². The van der Waals surface area contributed by atoms with E-state index in [0.29, 0.717) is 29.6 Å². The highest BCUT2D eigenvalue weighted by Crippen LogP contribution is 2.30. The van der Waals surface area contributed by atoms with Crippen molar-refractivity contribution in [3.8, 4) is 0 Å². The number of aromatic nitrogens is 2. The summed E-state index contributed by atoms with van der Waals surface area (Å²) in [7, 11) is 0. The van der Waals surface area contributed by atoms with Gasteiger partial charge in [0.25, 0.3) is 11.5 Å². The SMILES string of the molecule is CCCCCn1nc(C(=O)N2CCCc3cc(C)ccc32)c2ccccc2c1=O. The molecule has 0 bridgehead atoms. The van der Waals surface area contributed by atoms with Gasteiger partial charge in [0.15, 0.2) is 5.69 Å². The lowest BCUT2D eigenvalue weighted by molar-refractivity contribution is 0.0979. The largest absolute Gasteiger partial charge is 0.307 e. The first-order chi connectivity index (χ1) is 14.1. The molecule has 0 atom stereocenters. The predicted octanol–water partition coefficient (Wildman–Crippen LogP) is 4.49. The molecule has 0 saturated carbocycles. The van der Waals surface area contributed by atoms with Crippen LogP contribution in [0.5, 0.6) is 0 Å². The Balaban J connectivity index is 1.80. The molecular formula is C24H27N3O2. The second-order valence-corrected chi connectivity index (χ2v) is 7.82. The maximum Gasteiger partial charge on any atom is 0.279 e. The van der Waals surface area contributed by atoms with Crippen LogP contribution in [0.25, 0.3) is 10.8 Å². The Bertz CT molecular complexity index is 1120. The summed E-state index contributed by atoms with van der Waals surface area (Å²) in [4.78, 5) is 28.3. The van der Waals surface area contributed by atoms with E-state index in [9.17, 15) is 9.59 Å². The van der Waals surface area contributed by atoms with Gasteiger partial charge in [-0.1, -0.05) is 55.7 Å². The van der Waals surface area contributed by atoms with Crippen LogP contribution < -0.4 is 10.5 Å². The zero-order chi connectivity index (χ0) is 20.4. The van der Waals surface area contributed by atoms with Crippen molar-refractivity contribution in [2.24, 2.45) is 0 Å². The predicted molar refractivity (Wildman–Crippen MR) is 117 cm³/mol. The molecule has 1 aliphatic rings. The Morgan fingerprint density at radius 1 is 1.10 bits per heavy atom. The number of hydrogen-bond acceptors (Lipinski definition) is 3. The fraction of sp³-hybridized carbons (Fsp3) is 0.375. The number of hydrogen-bond donors (Lipinski definition) is 0. The molecule has 5 nitrogen and oxygen atoms in total. The van der Waals surface area contributed by atoms with Crippen LogP contribution in [-0.2, 0) is 13.0 Å². The highest BCUT2D eigenvalue weighted by atomic mass is 16.2. The van der Waals surface area contributed by atoms with Gasteiger partial charge in [-0.15, -0.1) is 0 Å². The van der Waals surface area contributed by atoms with Crippen molar-refractivity contribution < 1.29 is 4.79 Å². The zero-order valence-corrected chi connectivity index (χ0v) is 17.1. The molecule has 29 heavy (non-hydrogen) atoms. The number of fused-ring (bicyclic) bond motifs is 2. The van der Waals surface area contributed by atoms with Gasteiger partial charge in [-0.05, 0) is 43.9 Å². The smallest absolute Gasteiger partial charge is 0.279 e.